The predicted molar refractivity (Wildman–Crippen MR) is 66.3 cm³/mol. The summed E-state index contributed by atoms with van der Waals surface area (Å²) in [5, 5.41) is 10.3. The zero-order valence-electron chi connectivity index (χ0n) is 9.85. The van der Waals surface area contributed by atoms with Gasteiger partial charge >= 0.3 is 0 Å². The van der Waals surface area contributed by atoms with Gasteiger partial charge in [-0.2, -0.15) is 0 Å². The van der Waals surface area contributed by atoms with Crippen LogP contribution in [0.4, 0.5) is 0 Å². The van der Waals surface area contributed by atoms with E-state index in [9.17, 15) is 0 Å². The molecule has 0 unspecified atom stereocenters. The van der Waals surface area contributed by atoms with Crippen LogP contribution in [-0.4, -0.2) is 34.9 Å². The van der Waals surface area contributed by atoms with Crippen molar-refractivity contribution < 1.29 is 5.11 Å². The number of hydrogen-bond donors (Lipinski definition) is 1. The highest BCUT2D eigenvalue weighted by atomic mass is 16.3. The van der Waals surface area contributed by atoms with Gasteiger partial charge in [0.2, 0.25) is 0 Å². The van der Waals surface area contributed by atoms with E-state index in [0.717, 1.165) is 13.0 Å². The fourth-order valence-corrected chi connectivity index (χ4v) is 2.01. The molecule has 3 nitrogen and oxygen atoms in total. The highest BCUT2D eigenvalue weighted by Crippen LogP contribution is 2.20. The zero-order chi connectivity index (χ0) is 11.5. The Morgan fingerprint density at radius 3 is 2.81 bits per heavy atom. The summed E-state index contributed by atoms with van der Waals surface area (Å²) in [6.45, 7) is 0.995. The van der Waals surface area contributed by atoms with Crippen LogP contribution in [0, 0.1) is 0 Å². The average Bonchev–Trinajstić information content (AvgIpc) is 2.64. The Labute approximate surface area is 95.9 Å². The number of rotatable bonds is 4. The first-order chi connectivity index (χ1) is 7.72. The summed E-state index contributed by atoms with van der Waals surface area (Å²) >= 11 is 0. The summed E-state index contributed by atoms with van der Waals surface area (Å²) in [6.07, 6.45) is 3.15. The largest absolute Gasteiger partial charge is 0.381 e. The quantitative estimate of drug-likeness (QED) is 0.790. The fraction of sp³-hybridized carbons (Fsp3) is 0.385. The molecule has 0 saturated carbocycles. The molecule has 0 atom stereocenters. The van der Waals surface area contributed by atoms with E-state index in [-0.39, 0.29) is 6.73 Å². The van der Waals surface area contributed by atoms with Crippen LogP contribution in [0.5, 0.6) is 0 Å². The lowest BCUT2D eigenvalue weighted by molar-refractivity contribution is 0.134. The first kappa shape index (κ1) is 11.2. The summed E-state index contributed by atoms with van der Waals surface area (Å²) < 4.78 is 2.16. The lowest BCUT2D eigenvalue weighted by Crippen LogP contribution is -2.21. The van der Waals surface area contributed by atoms with E-state index < -0.39 is 0 Å². The molecule has 0 radical (unpaired) electrons. The van der Waals surface area contributed by atoms with Crippen LogP contribution >= 0.6 is 0 Å². The minimum absolute atomic E-state index is 0.116. The normalized spacial score (nSPS) is 11.5. The number of fused-ring (bicyclic) bond motifs is 1. The Kier molecular flexibility index (Phi) is 3.27. The Bertz CT molecular complexity index is 476. The van der Waals surface area contributed by atoms with Gasteiger partial charge in [-0.05, 0) is 25.1 Å². The third kappa shape index (κ3) is 2.10. The molecule has 16 heavy (non-hydrogen) atoms. The summed E-state index contributed by atoms with van der Waals surface area (Å²) in [4.78, 5) is 1.90. The molecule has 0 saturated heterocycles. The maximum Gasteiger partial charge on any atom is 0.0954 e. The van der Waals surface area contributed by atoms with E-state index in [0.29, 0.717) is 0 Å². The number of nitrogens with zero attached hydrogens (tertiary/aromatic N) is 2. The number of aryl methyl sites for hydroxylation is 1. The second-order valence-electron chi connectivity index (χ2n) is 4.25. The predicted octanol–water partition coefficient (Wildman–Crippen LogP) is 1.60. The Morgan fingerprint density at radius 2 is 2.06 bits per heavy atom. The maximum atomic E-state index is 8.95. The van der Waals surface area contributed by atoms with Crippen molar-refractivity contribution in [1.82, 2.24) is 9.47 Å². The van der Waals surface area contributed by atoms with Crippen molar-refractivity contribution in [3.05, 3.63) is 36.0 Å². The molecular weight excluding hydrogens is 200 g/mol. The summed E-state index contributed by atoms with van der Waals surface area (Å²) in [5.74, 6) is 0. The molecule has 1 aromatic carbocycles. The number of hydrogen-bond acceptors (Lipinski definition) is 2. The molecule has 3 heteroatoms. The molecule has 2 aromatic rings. The Hall–Kier alpha value is -1.32. The molecule has 1 aromatic heterocycles. The molecule has 1 N–H and O–H groups in total. The van der Waals surface area contributed by atoms with Crippen LogP contribution in [0.15, 0.2) is 30.5 Å². The van der Waals surface area contributed by atoms with Crippen LogP contribution in [0.25, 0.3) is 10.9 Å². The van der Waals surface area contributed by atoms with Crippen molar-refractivity contribution in [1.29, 1.82) is 0 Å². The molecule has 0 spiro atoms. The van der Waals surface area contributed by atoms with Crippen LogP contribution < -0.4 is 0 Å². The van der Waals surface area contributed by atoms with Crippen molar-refractivity contribution in [2.24, 2.45) is 7.05 Å². The van der Waals surface area contributed by atoms with E-state index >= 15 is 0 Å². The SMILES string of the molecule is CN(CO)CCc1cn(C)c2ccccc12. The van der Waals surface area contributed by atoms with Crippen LogP contribution in [0.1, 0.15) is 5.56 Å². The van der Waals surface area contributed by atoms with Gasteiger partial charge in [-0.25, -0.2) is 0 Å². The molecule has 86 valence electrons. The maximum absolute atomic E-state index is 8.95. The standard InChI is InChI=1S/C13H18N2O/c1-14(10-16)8-7-11-9-15(2)13-6-4-3-5-12(11)13/h3-6,9,16H,7-8,10H2,1-2H3. The number of aliphatic hydroxyl groups is 1. The molecule has 0 fully saturated rings. The topological polar surface area (TPSA) is 28.4 Å². The average molecular weight is 218 g/mol. The van der Waals surface area contributed by atoms with Gasteiger partial charge in [-0.3, -0.25) is 4.90 Å². The van der Waals surface area contributed by atoms with Crippen molar-refractivity contribution in [2.45, 2.75) is 6.42 Å². The highest BCUT2D eigenvalue weighted by Gasteiger charge is 2.06. The molecule has 0 aliphatic carbocycles. The van der Waals surface area contributed by atoms with E-state index in [1.807, 2.05) is 11.9 Å². The first-order valence-electron chi connectivity index (χ1n) is 5.54. The van der Waals surface area contributed by atoms with Gasteiger partial charge in [0.25, 0.3) is 0 Å². The van der Waals surface area contributed by atoms with Gasteiger partial charge in [0.15, 0.2) is 0 Å². The third-order valence-electron chi connectivity index (χ3n) is 2.98. The van der Waals surface area contributed by atoms with Gasteiger partial charge < -0.3 is 9.67 Å². The summed E-state index contributed by atoms with van der Waals surface area (Å²) in [6, 6.07) is 8.42. The van der Waals surface area contributed by atoms with Crippen LogP contribution in [0.3, 0.4) is 0 Å². The van der Waals surface area contributed by atoms with Crippen molar-refractivity contribution in [2.75, 3.05) is 20.3 Å². The van der Waals surface area contributed by atoms with Crippen LogP contribution in [0.2, 0.25) is 0 Å². The smallest absolute Gasteiger partial charge is 0.0954 e. The number of para-hydroxylation sites is 1. The number of benzene rings is 1. The molecule has 0 bridgehead atoms. The van der Waals surface area contributed by atoms with E-state index in [1.165, 1.54) is 16.5 Å². The second-order valence-corrected chi connectivity index (χ2v) is 4.25. The highest BCUT2D eigenvalue weighted by molar-refractivity contribution is 5.83. The lowest BCUT2D eigenvalue weighted by Gasteiger charge is -2.11. The third-order valence-corrected chi connectivity index (χ3v) is 2.98. The van der Waals surface area contributed by atoms with Gasteiger partial charge in [-0.15, -0.1) is 0 Å². The molecule has 0 aliphatic rings. The molecular formula is C13H18N2O. The number of likely N-dealkylation sites (N-methyl/N-ethyl adjacent to an activating group) is 1. The monoisotopic (exact) mass is 218 g/mol. The van der Waals surface area contributed by atoms with Gasteiger partial charge in [-0.1, -0.05) is 18.2 Å². The van der Waals surface area contributed by atoms with Crippen molar-refractivity contribution in [3.8, 4) is 0 Å². The second kappa shape index (κ2) is 4.68. The molecule has 0 amide bonds. The van der Waals surface area contributed by atoms with Crippen molar-refractivity contribution in [3.63, 3.8) is 0 Å². The molecule has 2 rings (SSSR count). The van der Waals surface area contributed by atoms with Gasteiger partial charge in [0.1, 0.15) is 0 Å². The lowest BCUT2D eigenvalue weighted by atomic mass is 10.1. The van der Waals surface area contributed by atoms with Gasteiger partial charge in [0.05, 0.1) is 6.73 Å². The minimum Gasteiger partial charge on any atom is -0.381 e. The van der Waals surface area contributed by atoms with Crippen LogP contribution in [-0.2, 0) is 13.5 Å². The molecule has 0 aliphatic heterocycles. The van der Waals surface area contributed by atoms with E-state index in [1.54, 1.807) is 0 Å². The first-order valence-corrected chi connectivity index (χ1v) is 5.54. The number of aliphatic hydroxyl groups excluding tert-OH is 1. The minimum atomic E-state index is 0.116. The van der Waals surface area contributed by atoms with E-state index in [4.69, 9.17) is 5.11 Å². The Balaban J connectivity index is 2.24. The van der Waals surface area contributed by atoms with Crippen molar-refractivity contribution >= 4 is 10.9 Å². The summed E-state index contributed by atoms with van der Waals surface area (Å²) in [5.41, 5.74) is 2.61. The van der Waals surface area contributed by atoms with Gasteiger partial charge in [0, 0.05) is 30.7 Å². The van der Waals surface area contributed by atoms with E-state index in [2.05, 4.69) is 42.1 Å². The fourth-order valence-electron chi connectivity index (χ4n) is 2.01. The Morgan fingerprint density at radius 1 is 1.31 bits per heavy atom. The number of aromatic nitrogens is 1. The summed E-state index contributed by atoms with van der Waals surface area (Å²) in [7, 11) is 3.99. The molecule has 1 heterocycles. The zero-order valence-corrected chi connectivity index (χ0v) is 9.85.